The maximum Gasteiger partial charge on any atom is 0.334 e. The van der Waals surface area contributed by atoms with Crippen LogP contribution >= 0.6 is 15.9 Å². The zero-order valence-electron chi connectivity index (χ0n) is 9.43. The molecule has 2 heterocycles. The van der Waals surface area contributed by atoms with Crippen molar-refractivity contribution in [3.05, 3.63) is 22.6 Å². The Morgan fingerprint density at radius 1 is 1.65 bits per heavy atom. The molecule has 0 radical (unpaired) electrons. The fourth-order valence-corrected chi connectivity index (χ4v) is 2.22. The largest absolute Gasteiger partial charge is 0.479 e. The highest BCUT2D eigenvalue weighted by Gasteiger charge is 2.30. The molecule has 0 saturated carbocycles. The van der Waals surface area contributed by atoms with Crippen LogP contribution in [0.4, 0.5) is 0 Å². The van der Waals surface area contributed by atoms with E-state index in [0.717, 1.165) is 5.76 Å². The zero-order chi connectivity index (χ0) is 12.4. The molecule has 0 aliphatic carbocycles. The van der Waals surface area contributed by atoms with Crippen LogP contribution in [0.2, 0.25) is 0 Å². The van der Waals surface area contributed by atoms with Gasteiger partial charge in [-0.2, -0.15) is 0 Å². The van der Waals surface area contributed by atoms with Crippen molar-refractivity contribution >= 4 is 21.9 Å². The van der Waals surface area contributed by atoms with Crippen molar-refractivity contribution in [1.82, 2.24) is 4.90 Å². The predicted molar refractivity (Wildman–Crippen MR) is 63.8 cm³/mol. The number of carboxylic acids is 1. The zero-order valence-corrected chi connectivity index (χ0v) is 11.0. The number of halogens is 1. The van der Waals surface area contributed by atoms with Crippen molar-refractivity contribution in [3.8, 4) is 0 Å². The number of aliphatic carboxylic acids is 1. The number of rotatable bonds is 3. The molecular formula is C11H14BrNO4. The highest BCUT2D eigenvalue weighted by atomic mass is 79.9. The first kappa shape index (κ1) is 12.6. The topological polar surface area (TPSA) is 62.9 Å². The molecule has 1 aliphatic heterocycles. The van der Waals surface area contributed by atoms with Crippen LogP contribution in [-0.2, 0) is 9.53 Å². The lowest BCUT2D eigenvalue weighted by Gasteiger charge is -2.34. The van der Waals surface area contributed by atoms with Gasteiger partial charge in [0.1, 0.15) is 5.76 Å². The van der Waals surface area contributed by atoms with E-state index in [2.05, 4.69) is 15.9 Å². The van der Waals surface area contributed by atoms with Gasteiger partial charge in [-0.05, 0) is 35.0 Å². The molecule has 0 amide bonds. The summed E-state index contributed by atoms with van der Waals surface area (Å²) in [5, 5.41) is 8.93. The molecule has 2 rings (SSSR count). The summed E-state index contributed by atoms with van der Waals surface area (Å²) in [5.74, 6) is -0.0922. The van der Waals surface area contributed by atoms with Crippen molar-refractivity contribution < 1.29 is 19.1 Å². The van der Waals surface area contributed by atoms with E-state index in [1.165, 1.54) is 0 Å². The molecule has 1 saturated heterocycles. The van der Waals surface area contributed by atoms with Gasteiger partial charge in [0.2, 0.25) is 0 Å². The first-order chi connectivity index (χ1) is 8.08. The third-order valence-electron chi connectivity index (χ3n) is 2.93. The Labute approximate surface area is 107 Å². The molecule has 2 atom stereocenters. The van der Waals surface area contributed by atoms with Crippen LogP contribution in [0.1, 0.15) is 18.7 Å². The second-order valence-corrected chi connectivity index (χ2v) is 4.79. The number of hydrogen-bond acceptors (Lipinski definition) is 4. The lowest BCUT2D eigenvalue weighted by molar-refractivity contribution is -0.157. The number of carbonyl (C=O) groups is 1. The molecule has 1 fully saturated rings. The molecule has 0 aromatic carbocycles. The van der Waals surface area contributed by atoms with Crippen molar-refractivity contribution in [1.29, 1.82) is 0 Å². The molecule has 0 bridgehead atoms. The van der Waals surface area contributed by atoms with Gasteiger partial charge >= 0.3 is 5.97 Å². The summed E-state index contributed by atoms with van der Waals surface area (Å²) in [7, 11) is 0. The van der Waals surface area contributed by atoms with Gasteiger partial charge in [0.05, 0.1) is 12.6 Å². The second-order valence-electron chi connectivity index (χ2n) is 4.01. The van der Waals surface area contributed by atoms with Gasteiger partial charge in [-0.1, -0.05) is 0 Å². The van der Waals surface area contributed by atoms with Crippen molar-refractivity contribution in [2.24, 2.45) is 0 Å². The van der Waals surface area contributed by atoms with Gasteiger partial charge < -0.3 is 14.3 Å². The third-order valence-corrected chi connectivity index (χ3v) is 3.35. The average Bonchev–Trinajstić information content (AvgIpc) is 2.75. The summed E-state index contributed by atoms with van der Waals surface area (Å²) in [4.78, 5) is 12.9. The van der Waals surface area contributed by atoms with Gasteiger partial charge in [-0.15, -0.1) is 0 Å². The van der Waals surface area contributed by atoms with Crippen LogP contribution in [-0.4, -0.2) is 41.8 Å². The Kier molecular flexibility index (Phi) is 3.86. The molecular weight excluding hydrogens is 290 g/mol. The summed E-state index contributed by atoms with van der Waals surface area (Å²) >= 11 is 3.26. The number of furan rings is 1. The smallest absolute Gasteiger partial charge is 0.334 e. The Morgan fingerprint density at radius 2 is 2.41 bits per heavy atom. The highest BCUT2D eigenvalue weighted by molar-refractivity contribution is 9.10. The minimum absolute atomic E-state index is 0.0482. The summed E-state index contributed by atoms with van der Waals surface area (Å²) < 4.78 is 11.3. The molecule has 6 heteroatoms. The lowest BCUT2D eigenvalue weighted by atomic mass is 10.1. The van der Waals surface area contributed by atoms with Crippen molar-refractivity contribution in [2.45, 2.75) is 19.1 Å². The van der Waals surface area contributed by atoms with E-state index < -0.39 is 12.1 Å². The number of nitrogens with zero attached hydrogens (tertiary/aromatic N) is 1. The summed E-state index contributed by atoms with van der Waals surface area (Å²) in [5.41, 5.74) is 0. The summed E-state index contributed by atoms with van der Waals surface area (Å²) in [6.07, 6.45) is -0.746. The second kappa shape index (κ2) is 5.20. The molecule has 0 spiro atoms. The van der Waals surface area contributed by atoms with Crippen LogP contribution in [0.25, 0.3) is 0 Å². The highest BCUT2D eigenvalue weighted by Crippen LogP contribution is 2.26. The normalized spacial score (nSPS) is 23.5. The van der Waals surface area contributed by atoms with Gasteiger partial charge in [-0.3, -0.25) is 4.90 Å². The number of ether oxygens (including phenoxy) is 1. The van der Waals surface area contributed by atoms with E-state index in [0.29, 0.717) is 24.4 Å². The Hall–Kier alpha value is -0.850. The number of morpholine rings is 1. The van der Waals surface area contributed by atoms with Crippen LogP contribution in [0.5, 0.6) is 0 Å². The van der Waals surface area contributed by atoms with E-state index in [9.17, 15) is 4.79 Å². The number of hydrogen-bond donors (Lipinski definition) is 1. The van der Waals surface area contributed by atoms with E-state index >= 15 is 0 Å². The van der Waals surface area contributed by atoms with Crippen LogP contribution < -0.4 is 0 Å². The van der Waals surface area contributed by atoms with Gasteiger partial charge in [0.15, 0.2) is 10.8 Å². The minimum atomic E-state index is -0.914. The molecule has 1 aromatic heterocycles. The molecule has 2 unspecified atom stereocenters. The Bertz CT molecular complexity index is 406. The SMILES string of the molecule is CC(c1ccc(Br)o1)N1CCOC(C(=O)O)C1. The third kappa shape index (κ3) is 2.88. The van der Waals surface area contributed by atoms with Crippen LogP contribution in [0.15, 0.2) is 21.2 Å². The summed E-state index contributed by atoms with van der Waals surface area (Å²) in [6.45, 7) is 3.52. The van der Waals surface area contributed by atoms with Crippen molar-refractivity contribution in [2.75, 3.05) is 19.7 Å². The summed E-state index contributed by atoms with van der Waals surface area (Å²) in [6, 6.07) is 3.77. The monoisotopic (exact) mass is 303 g/mol. The molecule has 94 valence electrons. The minimum Gasteiger partial charge on any atom is -0.479 e. The van der Waals surface area contributed by atoms with Gasteiger partial charge in [0, 0.05) is 13.1 Å². The van der Waals surface area contributed by atoms with E-state index in [4.69, 9.17) is 14.3 Å². The van der Waals surface area contributed by atoms with E-state index in [1.54, 1.807) is 0 Å². The first-order valence-corrected chi connectivity index (χ1v) is 6.21. The van der Waals surface area contributed by atoms with E-state index in [1.807, 2.05) is 24.0 Å². The van der Waals surface area contributed by atoms with Crippen LogP contribution in [0.3, 0.4) is 0 Å². The van der Waals surface area contributed by atoms with Crippen LogP contribution in [0, 0.1) is 0 Å². The van der Waals surface area contributed by atoms with Gasteiger partial charge in [0.25, 0.3) is 0 Å². The fraction of sp³-hybridized carbons (Fsp3) is 0.545. The van der Waals surface area contributed by atoms with Crippen molar-refractivity contribution in [3.63, 3.8) is 0 Å². The lowest BCUT2D eigenvalue weighted by Crippen LogP contribution is -2.46. The molecule has 17 heavy (non-hydrogen) atoms. The molecule has 1 aliphatic rings. The van der Waals surface area contributed by atoms with E-state index in [-0.39, 0.29) is 6.04 Å². The fourth-order valence-electron chi connectivity index (χ4n) is 1.90. The predicted octanol–water partition coefficient (Wildman–Crippen LogP) is 1.89. The average molecular weight is 304 g/mol. The Morgan fingerprint density at radius 3 is 3.00 bits per heavy atom. The quantitative estimate of drug-likeness (QED) is 0.924. The van der Waals surface area contributed by atoms with Gasteiger partial charge in [-0.25, -0.2) is 4.79 Å². The number of carboxylic acid groups (broad SMARTS) is 1. The first-order valence-electron chi connectivity index (χ1n) is 5.41. The standard InChI is InChI=1S/C11H14BrNO4/c1-7(8-2-3-10(12)17-8)13-4-5-16-9(6-13)11(14)15/h2-3,7,9H,4-6H2,1H3,(H,14,15). The maximum absolute atomic E-state index is 10.9. The molecule has 1 N–H and O–H groups in total. The maximum atomic E-state index is 10.9. The molecule has 1 aromatic rings. The molecule has 5 nitrogen and oxygen atoms in total. The Balaban J connectivity index is 2.04.